The zero-order chi connectivity index (χ0) is 9.86. The monoisotopic (exact) mass is 160 g/mol. The van der Waals surface area contributed by atoms with Crippen LogP contribution in [0, 0.1) is 11.8 Å². The average Bonchev–Trinajstić information content (AvgIpc) is 2.10. The molecular formula is C11H28. The van der Waals surface area contributed by atoms with Crippen molar-refractivity contribution in [3.05, 3.63) is 0 Å². The normalized spacial score (nSPS) is 10.6. The van der Waals surface area contributed by atoms with Crippen LogP contribution in [-0.2, 0) is 0 Å². The maximum atomic E-state index is 2.30. The Kier molecular flexibility index (Phi) is 25.8. The van der Waals surface area contributed by atoms with E-state index in [1.165, 1.54) is 6.42 Å². The minimum atomic E-state index is 0.866. The topological polar surface area (TPSA) is 0 Å². The van der Waals surface area contributed by atoms with Crippen LogP contribution in [0.25, 0.3) is 0 Å². The lowest BCUT2D eigenvalue weighted by atomic mass is 9.96. The van der Waals surface area contributed by atoms with Gasteiger partial charge in [-0.2, -0.15) is 0 Å². The van der Waals surface area contributed by atoms with Crippen LogP contribution in [0.2, 0.25) is 0 Å². The Labute approximate surface area is 74.4 Å². The largest absolute Gasteiger partial charge is 0.0683 e. The standard InChI is InChI=1S/C7H16.2C2H6/c1-5-7(4)6(2)3;2*1-2/h6-7H,5H2,1-4H3;2*1-2H3. The van der Waals surface area contributed by atoms with Crippen LogP contribution in [0.5, 0.6) is 0 Å². The first-order valence-corrected chi connectivity index (χ1v) is 5.18. The Morgan fingerprint density at radius 3 is 1.09 bits per heavy atom. The Morgan fingerprint density at radius 1 is 0.818 bits per heavy atom. The van der Waals surface area contributed by atoms with Gasteiger partial charge < -0.3 is 0 Å². The molecule has 1 unspecified atom stereocenters. The number of rotatable bonds is 2. The number of hydrogen-bond donors (Lipinski definition) is 0. The van der Waals surface area contributed by atoms with Gasteiger partial charge in [0.1, 0.15) is 0 Å². The molecule has 0 aliphatic carbocycles. The summed E-state index contributed by atoms with van der Waals surface area (Å²) in [7, 11) is 0. The summed E-state index contributed by atoms with van der Waals surface area (Å²) >= 11 is 0. The van der Waals surface area contributed by atoms with E-state index in [-0.39, 0.29) is 0 Å². The molecule has 0 nitrogen and oxygen atoms in total. The SMILES string of the molecule is CC.CC.CCC(C)C(C)C. The molecule has 72 valence electrons. The second-order valence-corrected chi connectivity index (χ2v) is 2.63. The quantitative estimate of drug-likeness (QED) is 0.547. The van der Waals surface area contributed by atoms with Gasteiger partial charge in [-0.25, -0.2) is 0 Å². The second kappa shape index (κ2) is 16.5. The fraction of sp³-hybridized carbons (Fsp3) is 1.00. The molecule has 0 fully saturated rings. The molecule has 0 saturated carbocycles. The van der Waals surface area contributed by atoms with Crippen molar-refractivity contribution in [1.82, 2.24) is 0 Å². The molecule has 11 heavy (non-hydrogen) atoms. The molecule has 0 N–H and O–H groups in total. The molecule has 0 aromatic heterocycles. The molecule has 0 aliphatic rings. The molecule has 0 saturated heterocycles. The molecule has 0 rings (SSSR count). The van der Waals surface area contributed by atoms with E-state index in [1.807, 2.05) is 27.7 Å². The summed E-state index contributed by atoms with van der Waals surface area (Å²) in [6.07, 6.45) is 1.32. The van der Waals surface area contributed by atoms with Crippen molar-refractivity contribution >= 4 is 0 Å². The van der Waals surface area contributed by atoms with Gasteiger partial charge in [-0.1, -0.05) is 61.8 Å². The molecule has 1 atom stereocenters. The molecule has 0 aromatic rings. The lowest BCUT2D eigenvalue weighted by molar-refractivity contribution is 0.407. The molecule has 0 spiro atoms. The van der Waals surface area contributed by atoms with Crippen molar-refractivity contribution in [3.8, 4) is 0 Å². The Morgan fingerprint density at radius 2 is 1.09 bits per heavy atom. The summed E-state index contributed by atoms with van der Waals surface area (Å²) in [5.74, 6) is 1.77. The van der Waals surface area contributed by atoms with Crippen LogP contribution < -0.4 is 0 Å². The molecule has 0 aromatic carbocycles. The highest BCUT2D eigenvalue weighted by Crippen LogP contribution is 2.11. The predicted octanol–water partition coefficient (Wildman–Crippen LogP) is 4.74. The first kappa shape index (κ1) is 17.2. The van der Waals surface area contributed by atoms with Gasteiger partial charge in [0.2, 0.25) is 0 Å². The van der Waals surface area contributed by atoms with Crippen LogP contribution in [0.15, 0.2) is 0 Å². The smallest absolute Gasteiger partial charge is 0.0422 e. The van der Waals surface area contributed by atoms with E-state index < -0.39 is 0 Å². The maximum Gasteiger partial charge on any atom is -0.0422 e. The van der Waals surface area contributed by atoms with Crippen LogP contribution in [0.1, 0.15) is 61.8 Å². The van der Waals surface area contributed by atoms with E-state index in [0.717, 1.165) is 11.8 Å². The summed E-state index contributed by atoms with van der Waals surface area (Å²) in [4.78, 5) is 0. The molecule has 0 aliphatic heterocycles. The second-order valence-electron chi connectivity index (χ2n) is 2.63. The van der Waals surface area contributed by atoms with E-state index in [2.05, 4.69) is 27.7 Å². The first-order chi connectivity index (χ1) is 5.18. The number of hydrogen-bond acceptors (Lipinski definition) is 0. The Bertz CT molecular complexity index is 37.3. The highest BCUT2D eigenvalue weighted by atomic mass is 14.1. The summed E-state index contributed by atoms with van der Waals surface area (Å²) in [6, 6.07) is 0. The van der Waals surface area contributed by atoms with Gasteiger partial charge in [0.15, 0.2) is 0 Å². The van der Waals surface area contributed by atoms with Crippen molar-refractivity contribution in [1.29, 1.82) is 0 Å². The lowest BCUT2D eigenvalue weighted by Crippen LogP contribution is -2.00. The summed E-state index contributed by atoms with van der Waals surface area (Å²) < 4.78 is 0. The van der Waals surface area contributed by atoms with Gasteiger partial charge in [-0.3, -0.25) is 0 Å². The highest BCUT2D eigenvalue weighted by Gasteiger charge is 2.01. The Hall–Kier alpha value is 0. The fourth-order valence-electron chi connectivity index (χ4n) is 0.471. The summed E-state index contributed by atoms with van der Waals surface area (Å²) in [5, 5.41) is 0. The third kappa shape index (κ3) is 17.8. The molecule has 0 bridgehead atoms. The molecule has 0 heteroatoms. The van der Waals surface area contributed by atoms with Crippen molar-refractivity contribution in [2.75, 3.05) is 0 Å². The zero-order valence-electron chi connectivity index (χ0n) is 9.86. The van der Waals surface area contributed by atoms with E-state index in [0.29, 0.717) is 0 Å². The van der Waals surface area contributed by atoms with Gasteiger partial charge in [0, 0.05) is 0 Å². The highest BCUT2D eigenvalue weighted by molar-refractivity contribution is 4.52. The summed E-state index contributed by atoms with van der Waals surface area (Å²) in [6.45, 7) is 17.1. The van der Waals surface area contributed by atoms with Crippen molar-refractivity contribution in [2.24, 2.45) is 11.8 Å². The average molecular weight is 160 g/mol. The van der Waals surface area contributed by atoms with Crippen molar-refractivity contribution in [2.45, 2.75) is 61.8 Å². The first-order valence-electron chi connectivity index (χ1n) is 5.18. The molecule has 0 radical (unpaired) electrons. The van der Waals surface area contributed by atoms with Gasteiger partial charge >= 0.3 is 0 Å². The maximum absolute atomic E-state index is 2.30. The predicted molar refractivity (Wildman–Crippen MR) is 57.0 cm³/mol. The van der Waals surface area contributed by atoms with Crippen LogP contribution >= 0.6 is 0 Å². The van der Waals surface area contributed by atoms with Crippen molar-refractivity contribution < 1.29 is 0 Å². The lowest BCUT2D eigenvalue weighted by Gasteiger charge is -2.10. The van der Waals surface area contributed by atoms with E-state index in [1.54, 1.807) is 0 Å². The Balaban J connectivity index is -0.000000138. The third-order valence-corrected chi connectivity index (χ3v) is 1.78. The van der Waals surface area contributed by atoms with Crippen LogP contribution in [-0.4, -0.2) is 0 Å². The van der Waals surface area contributed by atoms with E-state index in [9.17, 15) is 0 Å². The van der Waals surface area contributed by atoms with Crippen LogP contribution in [0.3, 0.4) is 0 Å². The minimum Gasteiger partial charge on any atom is -0.0683 e. The molecule has 0 amide bonds. The minimum absolute atomic E-state index is 0.866. The molecular weight excluding hydrogens is 132 g/mol. The van der Waals surface area contributed by atoms with Gasteiger partial charge in [-0.05, 0) is 11.8 Å². The zero-order valence-corrected chi connectivity index (χ0v) is 9.86. The van der Waals surface area contributed by atoms with E-state index in [4.69, 9.17) is 0 Å². The van der Waals surface area contributed by atoms with Gasteiger partial charge in [0.25, 0.3) is 0 Å². The van der Waals surface area contributed by atoms with Crippen LogP contribution in [0.4, 0.5) is 0 Å². The fourth-order valence-corrected chi connectivity index (χ4v) is 0.471. The van der Waals surface area contributed by atoms with E-state index >= 15 is 0 Å². The van der Waals surface area contributed by atoms with Gasteiger partial charge in [0.05, 0.1) is 0 Å². The molecule has 0 heterocycles. The summed E-state index contributed by atoms with van der Waals surface area (Å²) in [5.41, 5.74) is 0. The van der Waals surface area contributed by atoms with Gasteiger partial charge in [-0.15, -0.1) is 0 Å². The third-order valence-electron chi connectivity index (χ3n) is 1.78. The van der Waals surface area contributed by atoms with Crippen molar-refractivity contribution in [3.63, 3.8) is 0 Å².